The van der Waals surface area contributed by atoms with Gasteiger partial charge in [0.25, 0.3) is 5.91 Å². The van der Waals surface area contributed by atoms with Crippen molar-refractivity contribution in [3.8, 4) is 17.4 Å². The fraction of sp³-hybridized carbons (Fsp3) is 0.286. The molecule has 0 spiro atoms. The van der Waals surface area contributed by atoms with Gasteiger partial charge >= 0.3 is 0 Å². The Morgan fingerprint density at radius 1 is 1.08 bits per heavy atom. The van der Waals surface area contributed by atoms with E-state index >= 15 is 0 Å². The van der Waals surface area contributed by atoms with Crippen LogP contribution in [0.5, 0.6) is 17.4 Å². The standard InChI is InChI=1S/C28H29N5O4/c1-36-24-13-12-19(16-25(24)37-2)27(34)31-30-26-21-9-3-4-11-23(21)33(28(26)35)18-32-15-6-5-10-22(32)20-8-7-14-29-17-20/h3-4,7-9,11-14,16-17,22,35H,5-6,10,15,18H2,1-2H3. The Balaban J connectivity index is 1.46. The molecule has 1 atom stereocenters. The lowest BCUT2D eigenvalue weighted by Crippen LogP contribution is -2.34. The molecule has 1 saturated heterocycles. The molecular formula is C28H29N5O4. The lowest BCUT2D eigenvalue weighted by Gasteiger charge is -2.36. The number of ether oxygens (including phenoxy) is 2. The van der Waals surface area contributed by atoms with Gasteiger partial charge in [-0.1, -0.05) is 30.7 Å². The van der Waals surface area contributed by atoms with E-state index in [-0.39, 0.29) is 17.6 Å². The van der Waals surface area contributed by atoms with Gasteiger partial charge in [-0.2, -0.15) is 0 Å². The molecule has 9 nitrogen and oxygen atoms in total. The summed E-state index contributed by atoms with van der Waals surface area (Å²) >= 11 is 0. The van der Waals surface area contributed by atoms with Crippen molar-refractivity contribution >= 4 is 22.5 Å². The van der Waals surface area contributed by atoms with Gasteiger partial charge in [-0.05, 0) is 48.7 Å². The summed E-state index contributed by atoms with van der Waals surface area (Å²) in [6.45, 7) is 1.38. The predicted molar refractivity (Wildman–Crippen MR) is 140 cm³/mol. The van der Waals surface area contributed by atoms with Crippen LogP contribution < -0.4 is 9.47 Å². The van der Waals surface area contributed by atoms with E-state index in [4.69, 9.17) is 9.47 Å². The van der Waals surface area contributed by atoms with Crippen LogP contribution in [0.4, 0.5) is 5.69 Å². The molecule has 1 aliphatic rings. The van der Waals surface area contributed by atoms with Crippen molar-refractivity contribution in [3.05, 3.63) is 78.1 Å². The number of aromatic nitrogens is 2. The highest BCUT2D eigenvalue weighted by Crippen LogP contribution is 2.40. The molecule has 190 valence electrons. The highest BCUT2D eigenvalue weighted by atomic mass is 16.5. The minimum atomic E-state index is -0.551. The molecule has 1 unspecified atom stereocenters. The van der Waals surface area contributed by atoms with Crippen molar-refractivity contribution in [3.63, 3.8) is 0 Å². The van der Waals surface area contributed by atoms with E-state index in [9.17, 15) is 9.90 Å². The Morgan fingerprint density at radius 2 is 1.92 bits per heavy atom. The average Bonchev–Trinajstić information content (AvgIpc) is 3.22. The molecule has 1 N–H and O–H groups in total. The number of carbonyl (C=O) groups is 1. The van der Waals surface area contributed by atoms with Crippen LogP contribution in [0.3, 0.4) is 0 Å². The van der Waals surface area contributed by atoms with Crippen LogP contribution in [0.15, 0.2) is 77.2 Å². The summed E-state index contributed by atoms with van der Waals surface area (Å²) in [5.41, 5.74) is 2.55. The minimum Gasteiger partial charge on any atom is -0.493 e. The molecule has 1 aliphatic heterocycles. The number of amides is 1. The van der Waals surface area contributed by atoms with Gasteiger partial charge in [-0.3, -0.25) is 19.2 Å². The number of hydrogen-bond acceptors (Lipinski definition) is 7. The Hall–Kier alpha value is -4.24. The third-order valence-electron chi connectivity index (χ3n) is 6.79. The van der Waals surface area contributed by atoms with Gasteiger partial charge in [-0.15, -0.1) is 10.2 Å². The summed E-state index contributed by atoms with van der Waals surface area (Å²) in [6.07, 6.45) is 6.95. The molecule has 3 heterocycles. The third-order valence-corrected chi connectivity index (χ3v) is 6.79. The maximum absolute atomic E-state index is 12.8. The second-order valence-electron chi connectivity index (χ2n) is 8.94. The van der Waals surface area contributed by atoms with E-state index in [2.05, 4.69) is 26.2 Å². The molecular weight excluding hydrogens is 470 g/mol. The first-order valence-corrected chi connectivity index (χ1v) is 12.2. The highest BCUT2D eigenvalue weighted by molar-refractivity contribution is 5.97. The second-order valence-corrected chi connectivity index (χ2v) is 8.94. The van der Waals surface area contributed by atoms with Gasteiger partial charge in [-0.25, -0.2) is 0 Å². The topological polar surface area (TPSA) is 102 Å². The van der Waals surface area contributed by atoms with Crippen molar-refractivity contribution < 1.29 is 19.4 Å². The number of piperidine rings is 1. The Kier molecular flexibility index (Phi) is 7.14. The molecule has 5 rings (SSSR count). The highest BCUT2D eigenvalue weighted by Gasteiger charge is 2.27. The number of nitrogens with zero attached hydrogens (tertiary/aromatic N) is 5. The van der Waals surface area contributed by atoms with E-state index in [1.807, 2.05) is 41.1 Å². The molecule has 37 heavy (non-hydrogen) atoms. The number of rotatable bonds is 7. The molecule has 0 radical (unpaired) electrons. The fourth-order valence-electron chi connectivity index (χ4n) is 4.93. The number of methoxy groups -OCH3 is 2. The van der Waals surface area contributed by atoms with Gasteiger partial charge < -0.3 is 14.6 Å². The zero-order valence-corrected chi connectivity index (χ0v) is 20.9. The number of aromatic hydroxyl groups is 1. The summed E-state index contributed by atoms with van der Waals surface area (Å²) in [5, 5.41) is 20.1. The Bertz CT molecular complexity index is 1430. The number of pyridine rings is 1. The molecule has 2 aromatic carbocycles. The van der Waals surface area contributed by atoms with Crippen molar-refractivity contribution in [2.75, 3.05) is 20.8 Å². The molecule has 1 amide bonds. The Morgan fingerprint density at radius 3 is 2.70 bits per heavy atom. The number of hydrogen-bond donors (Lipinski definition) is 1. The maximum atomic E-state index is 12.8. The number of carbonyl (C=O) groups excluding carboxylic acids is 1. The number of fused-ring (bicyclic) bond motifs is 1. The van der Waals surface area contributed by atoms with Gasteiger partial charge in [0.2, 0.25) is 5.88 Å². The maximum Gasteiger partial charge on any atom is 0.295 e. The number of likely N-dealkylation sites (tertiary alicyclic amines) is 1. The van der Waals surface area contributed by atoms with Crippen LogP contribution >= 0.6 is 0 Å². The molecule has 1 fully saturated rings. The molecule has 9 heteroatoms. The fourth-order valence-corrected chi connectivity index (χ4v) is 4.93. The first kappa shape index (κ1) is 24.5. The van der Waals surface area contributed by atoms with E-state index in [1.165, 1.54) is 19.8 Å². The number of benzene rings is 2. The first-order chi connectivity index (χ1) is 18.1. The molecule has 0 aliphatic carbocycles. The number of para-hydroxylation sites is 1. The summed E-state index contributed by atoms with van der Waals surface area (Å²) in [7, 11) is 3.03. The number of azo groups is 1. The third kappa shape index (κ3) is 4.90. The lowest BCUT2D eigenvalue weighted by molar-refractivity contribution is 0.0994. The van der Waals surface area contributed by atoms with Crippen LogP contribution in [0.1, 0.15) is 41.2 Å². The monoisotopic (exact) mass is 499 g/mol. The minimum absolute atomic E-state index is 0.0272. The normalized spacial score (nSPS) is 16.3. The molecule has 0 bridgehead atoms. The van der Waals surface area contributed by atoms with Crippen molar-refractivity contribution in [1.82, 2.24) is 14.5 Å². The summed E-state index contributed by atoms with van der Waals surface area (Å²) in [4.78, 5) is 19.4. The van der Waals surface area contributed by atoms with Crippen LogP contribution in [0.25, 0.3) is 10.9 Å². The quantitative estimate of drug-likeness (QED) is 0.319. The van der Waals surface area contributed by atoms with Gasteiger partial charge in [0.05, 0.1) is 26.4 Å². The van der Waals surface area contributed by atoms with Crippen LogP contribution in [-0.2, 0) is 6.67 Å². The van der Waals surface area contributed by atoms with Crippen LogP contribution in [0.2, 0.25) is 0 Å². The zero-order chi connectivity index (χ0) is 25.8. The van der Waals surface area contributed by atoms with E-state index < -0.39 is 5.91 Å². The smallest absolute Gasteiger partial charge is 0.295 e. The SMILES string of the molecule is COc1ccc(C(=O)N=Nc2c(O)n(CN3CCCCC3c3cccnc3)c3ccccc23)cc1OC. The lowest BCUT2D eigenvalue weighted by atomic mass is 9.97. The molecule has 2 aromatic heterocycles. The van der Waals surface area contributed by atoms with E-state index in [0.717, 1.165) is 36.7 Å². The van der Waals surface area contributed by atoms with Gasteiger partial charge in [0, 0.05) is 35.9 Å². The predicted octanol–water partition coefficient (Wildman–Crippen LogP) is 5.87. The van der Waals surface area contributed by atoms with Crippen LogP contribution in [0, 0.1) is 0 Å². The van der Waals surface area contributed by atoms with E-state index in [1.54, 1.807) is 24.4 Å². The first-order valence-electron chi connectivity index (χ1n) is 12.2. The second kappa shape index (κ2) is 10.8. The van der Waals surface area contributed by atoms with E-state index in [0.29, 0.717) is 23.7 Å². The zero-order valence-electron chi connectivity index (χ0n) is 20.9. The average molecular weight is 500 g/mol. The summed E-state index contributed by atoms with van der Waals surface area (Å²) in [6, 6.07) is 16.7. The summed E-state index contributed by atoms with van der Waals surface area (Å²) in [5.74, 6) is 0.358. The van der Waals surface area contributed by atoms with Crippen molar-refractivity contribution in [2.24, 2.45) is 10.2 Å². The Labute approximate surface area is 215 Å². The van der Waals surface area contributed by atoms with Gasteiger partial charge in [0.1, 0.15) is 0 Å². The van der Waals surface area contributed by atoms with Crippen molar-refractivity contribution in [1.29, 1.82) is 0 Å². The summed E-state index contributed by atoms with van der Waals surface area (Å²) < 4.78 is 12.3. The molecule has 4 aromatic rings. The van der Waals surface area contributed by atoms with Crippen LogP contribution in [-0.4, -0.2) is 46.2 Å². The largest absolute Gasteiger partial charge is 0.493 e. The molecule has 0 saturated carbocycles. The van der Waals surface area contributed by atoms with Crippen molar-refractivity contribution in [2.45, 2.75) is 32.0 Å². The van der Waals surface area contributed by atoms with Gasteiger partial charge in [0.15, 0.2) is 17.2 Å².